The first-order chi connectivity index (χ1) is 8.06. The Balaban J connectivity index is 2.12. The van der Waals surface area contributed by atoms with E-state index >= 15 is 0 Å². The van der Waals surface area contributed by atoms with Crippen LogP contribution in [-0.2, 0) is 0 Å². The van der Waals surface area contributed by atoms with Crippen molar-refractivity contribution in [2.24, 2.45) is 0 Å². The van der Waals surface area contributed by atoms with E-state index in [1.54, 1.807) is 11.3 Å². The average Bonchev–Trinajstić information content (AvgIpc) is 2.70. The van der Waals surface area contributed by atoms with Gasteiger partial charge in [0.1, 0.15) is 0 Å². The first-order valence-corrected chi connectivity index (χ1v) is 6.77. The second-order valence-corrected chi connectivity index (χ2v) is 5.59. The SMILES string of the molecule is Cc1nc(C(C)Nc2ccc(C)c(Cl)c2)cs1. The molecule has 2 aromatic rings. The van der Waals surface area contributed by atoms with Gasteiger partial charge in [-0.05, 0) is 38.5 Å². The van der Waals surface area contributed by atoms with Crippen molar-refractivity contribution in [1.29, 1.82) is 0 Å². The number of nitrogens with one attached hydrogen (secondary N) is 1. The minimum Gasteiger partial charge on any atom is -0.377 e. The highest BCUT2D eigenvalue weighted by atomic mass is 35.5. The lowest BCUT2D eigenvalue weighted by Gasteiger charge is -2.13. The van der Waals surface area contributed by atoms with Gasteiger partial charge in [-0.1, -0.05) is 17.7 Å². The fourth-order valence-electron chi connectivity index (χ4n) is 1.59. The highest BCUT2D eigenvalue weighted by Crippen LogP contribution is 2.24. The van der Waals surface area contributed by atoms with Gasteiger partial charge in [0.15, 0.2) is 0 Å². The van der Waals surface area contributed by atoms with Gasteiger partial charge in [0.25, 0.3) is 0 Å². The summed E-state index contributed by atoms with van der Waals surface area (Å²) in [5.41, 5.74) is 3.19. The maximum atomic E-state index is 6.09. The summed E-state index contributed by atoms with van der Waals surface area (Å²) >= 11 is 7.77. The number of benzene rings is 1. The van der Waals surface area contributed by atoms with Gasteiger partial charge in [-0.15, -0.1) is 11.3 Å². The fraction of sp³-hybridized carbons (Fsp3) is 0.308. The molecule has 1 aromatic heterocycles. The van der Waals surface area contributed by atoms with Crippen LogP contribution in [0.5, 0.6) is 0 Å². The summed E-state index contributed by atoms with van der Waals surface area (Å²) in [6, 6.07) is 6.20. The molecule has 1 unspecified atom stereocenters. The number of anilines is 1. The molecule has 1 N–H and O–H groups in total. The fourth-order valence-corrected chi connectivity index (χ4v) is 2.47. The van der Waals surface area contributed by atoms with Crippen LogP contribution in [0.1, 0.15) is 29.2 Å². The van der Waals surface area contributed by atoms with E-state index in [0.29, 0.717) is 0 Å². The molecule has 2 nitrogen and oxygen atoms in total. The van der Waals surface area contributed by atoms with Crippen molar-refractivity contribution in [1.82, 2.24) is 4.98 Å². The van der Waals surface area contributed by atoms with Crippen LogP contribution < -0.4 is 5.32 Å². The van der Waals surface area contributed by atoms with E-state index in [1.807, 2.05) is 32.0 Å². The van der Waals surface area contributed by atoms with Crippen molar-refractivity contribution in [3.05, 3.63) is 44.9 Å². The van der Waals surface area contributed by atoms with E-state index in [9.17, 15) is 0 Å². The molecule has 4 heteroatoms. The molecule has 90 valence electrons. The highest BCUT2D eigenvalue weighted by molar-refractivity contribution is 7.09. The quantitative estimate of drug-likeness (QED) is 0.879. The molecule has 0 amide bonds. The molecule has 17 heavy (non-hydrogen) atoms. The summed E-state index contributed by atoms with van der Waals surface area (Å²) in [5.74, 6) is 0. The molecule has 0 bridgehead atoms. The smallest absolute Gasteiger partial charge is 0.0898 e. The van der Waals surface area contributed by atoms with E-state index in [2.05, 4.69) is 22.6 Å². The number of halogens is 1. The summed E-state index contributed by atoms with van der Waals surface area (Å²) < 4.78 is 0. The van der Waals surface area contributed by atoms with E-state index in [0.717, 1.165) is 27.0 Å². The summed E-state index contributed by atoms with van der Waals surface area (Å²) in [7, 11) is 0. The van der Waals surface area contributed by atoms with Gasteiger partial charge >= 0.3 is 0 Å². The number of hydrogen-bond acceptors (Lipinski definition) is 3. The summed E-state index contributed by atoms with van der Waals surface area (Å²) in [6.45, 7) is 6.12. The molecule has 0 aliphatic rings. The monoisotopic (exact) mass is 266 g/mol. The zero-order valence-corrected chi connectivity index (χ0v) is 11.7. The van der Waals surface area contributed by atoms with Gasteiger partial charge < -0.3 is 5.32 Å². The largest absolute Gasteiger partial charge is 0.377 e. The molecule has 0 aliphatic carbocycles. The number of hydrogen-bond donors (Lipinski definition) is 1. The van der Waals surface area contributed by atoms with Crippen molar-refractivity contribution in [2.75, 3.05) is 5.32 Å². The zero-order chi connectivity index (χ0) is 12.4. The van der Waals surface area contributed by atoms with Crippen LogP contribution in [0.25, 0.3) is 0 Å². The topological polar surface area (TPSA) is 24.9 Å². The normalized spacial score (nSPS) is 12.5. The van der Waals surface area contributed by atoms with Crippen molar-refractivity contribution in [2.45, 2.75) is 26.8 Å². The van der Waals surface area contributed by atoms with Gasteiger partial charge in [0, 0.05) is 16.1 Å². The molecular weight excluding hydrogens is 252 g/mol. The molecule has 1 atom stereocenters. The first kappa shape index (κ1) is 12.4. The lowest BCUT2D eigenvalue weighted by atomic mass is 10.2. The molecule has 0 radical (unpaired) electrons. The summed E-state index contributed by atoms with van der Waals surface area (Å²) in [5, 5.41) is 7.37. The van der Waals surface area contributed by atoms with Crippen molar-refractivity contribution in [3.63, 3.8) is 0 Å². The van der Waals surface area contributed by atoms with Gasteiger partial charge in [-0.25, -0.2) is 4.98 Å². The maximum Gasteiger partial charge on any atom is 0.0898 e. The molecule has 0 aliphatic heterocycles. The number of rotatable bonds is 3. The Morgan fingerprint density at radius 2 is 2.12 bits per heavy atom. The first-order valence-electron chi connectivity index (χ1n) is 5.51. The Labute approximate surface area is 111 Å². The molecule has 0 saturated carbocycles. The molecule has 2 rings (SSSR count). The third-order valence-electron chi connectivity index (χ3n) is 2.64. The van der Waals surface area contributed by atoms with Crippen molar-refractivity contribution < 1.29 is 0 Å². The Kier molecular flexibility index (Phi) is 3.69. The van der Waals surface area contributed by atoms with E-state index in [4.69, 9.17) is 11.6 Å². The number of thiazole rings is 1. The summed E-state index contributed by atoms with van der Waals surface area (Å²) in [4.78, 5) is 4.47. The van der Waals surface area contributed by atoms with Crippen LogP contribution in [0.2, 0.25) is 5.02 Å². The standard InChI is InChI=1S/C13H15ClN2S/c1-8-4-5-11(6-12(8)14)15-9(2)13-7-17-10(3)16-13/h4-7,9,15H,1-3H3. The molecule has 1 heterocycles. The number of aromatic nitrogens is 1. The third-order valence-corrected chi connectivity index (χ3v) is 3.83. The minimum absolute atomic E-state index is 0.193. The van der Waals surface area contributed by atoms with Crippen LogP contribution in [0.3, 0.4) is 0 Å². The van der Waals surface area contributed by atoms with Crippen molar-refractivity contribution >= 4 is 28.6 Å². The molecule has 0 fully saturated rings. The highest BCUT2D eigenvalue weighted by Gasteiger charge is 2.09. The maximum absolute atomic E-state index is 6.09. The Hall–Kier alpha value is -1.06. The number of aryl methyl sites for hydroxylation is 2. The zero-order valence-electron chi connectivity index (χ0n) is 10.1. The Bertz CT molecular complexity index is 522. The van der Waals surface area contributed by atoms with Gasteiger partial charge in [-0.2, -0.15) is 0 Å². The average molecular weight is 267 g/mol. The van der Waals surface area contributed by atoms with Crippen molar-refractivity contribution in [3.8, 4) is 0 Å². The van der Waals surface area contributed by atoms with Crippen LogP contribution in [-0.4, -0.2) is 4.98 Å². The van der Waals surface area contributed by atoms with E-state index in [1.165, 1.54) is 0 Å². The molecular formula is C13H15ClN2S. The molecule has 0 spiro atoms. The summed E-state index contributed by atoms with van der Waals surface area (Å²) in [6.07, 6.45) is 0. The van der Waals surface area contributed by atoms with Gasteiger partial charge in [0.2, 0.25) is 0 Å². The second kappa shape index (κ2) is 5.07. The lowest BCUT2D eigenvalue weighted by Crippen LogP contribution is -2.07. The lowest BCUT2D eigenvalue weighted by molar-refractivity contribution is 0.845. The van der Waals surface area contributed by atoms with Crippen LogP contribution >= 0.6 is 22.9 Å². The van der Waals surface area contributed by atoms with Crippen LogP contribution in [0.4, 0.5) is 5.69 Å². The van der Waals surface area contributed by atoms with Crippen LogP contribution in [0, 0.1) is 13.8 Å². The van der Waals surface area contributed by atoms with E-state index < -0.39 is 0 Å². The predicted molar refractivity (Wildman–Crippen MR) is 75.1 cm³/mol. The van der Waals surface area contributed by atoms with Gasteiger partial charge in [-0.3, -0.25) is 0 Å². The second-order valence-electron chi connectivity index (χ2n) is 4.12. The minimum atomic E-state index is 0.193. The van der Waals surface area contributed by atoms with Gasteiger partial charge in [0.05, 0.1) is 16.7 Å². The van der Waals surface area contributed by atoms with E-state index in [-0.39, 0.29) is 6.04 Å². The Morgan fingerprint density at radius 1 is 1.35 bits per heavy atom. The van der Waals surface area contributed by atoms with Crippen LogP contribution in [0.15, 0.2) is 23.6 Å². The Morgan fingerprint density at radius 3 is 2.71 bits per heavy atom. The molecule has 0 saturated heterocycles. The third kappa shape index (κ3) is 2.99. The number of nitrogens with zero attached hydrogens (tertiary/aromatic N) is 1. The molecule has 1 aromatic carbocycles. The predicted octanol–water partition coefficient (Wildman–Crippen LogP) is 4.59.